The average molecular weight is 285 g/mol. The lowest BCUT2D eigenvalue weighted by Crippen LogP contribution is -2.53. The third-order valence-electron chi connectivity index (χ3n) is 5.14. The fourth-order valence-electron chi connectivity index (χ4n) is 2.66. The molecule has 0 saturated heterocycles. The molecule has 0 saturated carbocycles. The second-order valence-electron chi connectivity index (χ2n) is 6.67. The molecule has 0 heterocycles. The number of carbonyl (C=O) groups is 1. The molecular formula is C16H32O2Si. The first-order valence-corrected chi connectivity index (χ1v) is 9.91. The first-order chi connectivity index (χ1) is 8.54. The molecular weight excluding hydrogens is 252 g/mol. The van der Waals surface area contributed by atoms with Crippen LogP contribution >= 0.6 is 0 Å². The van der Waals surface area contributed by atoms with E-state index in [4.69, 9.17) is 4.43 Å². The van der Waals surface area contributed by atoms with Crippen molar-refractivity contribution in [2.45, 2.75) is 78.4 Å². The molecule has 0 bridgehead atoms. The molecule has 0 amide bonds. The lowest BCUT2D eigenvalue weighted by Gasteiger charge is -2.48. The maximum Gasteiger partial charge on any atom is 0.319 e. The molecule has 0 aliphatic carbocycles. The maximum atomic E-state index is 12.1. The Morgan fingerprint density at radius 1 is 1.26 bits per heavy atom. The summed E-state index contributed by atoms with van der Waals surface area (Å²) in [6.45, 7) is 21.0. The molecule has 0 spiro atoms. The Hall–Kier alpha value is -0.573. The Labute approximate surface area is 120 Å². The van der Waals surface area contributed by atoms with E-state index in [0.717, 1.165) is 12.8 Å². The predicted octanol–water partition coefficient (Wildman–Crippen LogP) is 5.31. The second-order valence-corrected chi connectivity index (χ2v) is 11.2. The van der Waals surface area contributed by atoms with Crippen molar-refractivity contribution in [2.24, 2.45) is 5.92 Å². The monoisotopic (exact) mass is 284 g/mol. The average Bonchev–Trinajstić information content (AvgIpc) is 2.29. The molecule has 0 fully saturated rings. The number of hydrogen-bond acceptors (Lipinski definition) is 2. The van der Waals surface area contributed by atoms with Crippen LogP contribution < -0.4 is 0 Å². The molecule has 3 heteroatoms. The standard InChI is InChI=1S/C16H32O2Si/c1-10-14(11-2)19(9,16(7,8)13(5)6)18-15(17)12(3)4/h13-14H,3,10-11H2,1-2,4-9H3. The molecule has 1 atom stereocenters. The van der Waals surface area contributed by atoms with Crippen molar-refractivity contribution in [3.63, 3.8) is 0 Å². The van der Waals surface area contributed by atoms with Gasteiger partial charge in [-0.1, -0.05) is 61.0 Å². The summed E-state index contributed by atoms with van der Waals surface area (Å²) in [6.07, 6.45) is 2.14. The second kappa shape index (κ2) is 6.73. The minimum Gasteiger partial charge on any atom is -0.515 e. The molecule has 0 aliphatic heterocycles. The van der Waals surface area contributed by atoms with Gasteiger partial charge in [0.2, 0.25) is 0 Å². The SMILES string of the molecule is C=C(C)C(=O)O[Si](C)(C(CC)CC)C(C)(C)C(C)C. The van der Waals surface area contributed by atoms with Crippen LogP contribution in [0.5, 0.6) is 0 Å². The summed E-state index contributed by atoms with van der Waals surface area (Å²) in [4.78, 5) is 12.1. The van der Waals surface area contributed by atoms with Crippen LogP contribution in [0.1, 0.15) is 61.3 Å². The minimum atomic E-state index is -2.21. The van der Waals surface area contributed by atoms with Crippen LogP contribution in [0.25, 0.3) is 0 Å². The summed E-state index contributed by atoms with van der Waals surface area (Å²) in [7, 11) is -2.21. The number of carbonyl (C=O) groups excluding carboxylic acids is 1. The van der Waals surface area contributed by atoms with Crippen molar-refractivity contribution >= 4 is 14.3 Å². The number of rotatable bonds is 7. The number of hydrogen-bond donors (Lipinski definition) is 0. The Morgan fingerprint density at radius 3 is 1.95 bits per heavy atom. The highest BCUT2D eigenvalue weighted by molar-refractivity contribution is 6.78. The first-order valence-electron chi connectivity index (χ1n) is 7.43. The molecule has 19 heavy (non-hydrogen) atoms. The Balaban J connectivity index is 5.60. The molecule has 2 nitrogen and oxygen atoms in total. The first kappa shape index (κ1) is 18.4. The topological polar surface area (TPSA) is 26.3 Å². The molecule has 0 aliphatic rings. The molecule has 0 radical (unpaired) electrons. The summed E-state index contributed by atoms with van der Waals surface area (Å²) in [6, 6.07) is 0. The zero-order valence-corrected chi connectivity index (χ0v) is 15.1. The van der Waals surface area contributed by atoms with Crippen molar-refractivity contribution in [1.29, 1.82) is 0 Å². The third-order valence-corrected chi connectivity index (χ3v) is 11.3. The van der Waals surface area contributed by atoms with E-state index in [9.17, 15) is 4.79 Å². The fourth-order valence-corrected chi connectivity index (χ4v) is 7.41. The quantitative estimate of drug-likeness (QED) is 0.468. The van der Waals surface area contributed by atoms with Gasteiger partial charge in [-0.25, -0.2) is 4.79 Å². The highest BCUT2D eigenvalue weighted by atomic mass is 28.4. The minimum absolute atomic E-state index is 0.0504. The predicted molar refractivity (Wildman–Crippen MR) is 85.7 cm³/mol. The van der Waals surface area contributed by atoms with E-state index in [1.807, 2.05) is 0 Å². The summed E-state index contributed by atoms with van der Waals surface area (Å²) >= 11 is 0. The van der Waals surface area contributed by atoms with Crippen molar-refractivity contribution < 1.29 is 9.22 Å². The summed E-state index contributed by atoms with van der Waals surface area (Å²) in [5.41, 5.74) is 0.998. The molecule has 0 rings (SSSR count). The van der Waals surface area contributed by atoms with Gasteiger partial charge in [0.05, 0.1) is 0 Å². The lowest BCUT2D eigenvalue weighted by atomic mass is 9.99. The zero-order valence-electron chi connectivity index (χ0n) is 14.1. The lowest BCUT2D eigenvalue weighted by molar-refractivity contribution is -0.131. The van der Waals surface area contributed by atoms with Crippen LogP contribution in [-0.2, 0) is 9.22 Å². The van der Waals surface area contributed by atoms with E-state index >= 15 is 0 Å². The van der Waals surface area contributed by atoms with Crippen LogP contribution in [0.15, 0.2) is 12.2 Å². The Bertz CT molecular complexity index is 330. The normalized spacial score (nSPS) is 15.5. The van der Waals surface area contributed by atoms with E-state index in [1.165, 1.54) is 0 Å². The van der Waals surface area contributed by atoms with Gasteiger partial charge in [-0.2, -0.15) is 0 Å². The van der Waals surface area contributed by atoms with E-state index in [-0.39, 0.29) is 11.0 Å². The molecule has 0 aromatic carbocycles. The van der Waals surface area contributed by atoms with Gasteiger partial charge in [-0.05, 0) is 30.0 Å². The maximum absolute atomic E-state index is 12.1. The van der Waals surface area contributed by atoms with Gasteiger partial charge < -0.3 is 4.43 Å². The summed E-state index contributed by atoms with van der Waals surface area (Å²) in [5, 5.41) is 0.0504. The van der Waals surface area contributed by atoms with Gasteiger partial charge >= 0.3 is 5.97 Å². The largest absolute Gasteiger partial charge is 0.515 e. The van der Waals surface area contributed by atoms with E-state index in [2.05, 4.69) is 54.7 Å². The molecule has 0 aromatic heterocycles. The fraction of sp³-hybridized carbons (Fsp3) is 0.812. The van der Waals surface area contributed by atoms with Crippen molar-refractivity contribution in [3.05, 3.63) is 12.2 Å². The van der Waals surface area contributed by atoms with Crippen LogP contribution in [0.4, 0.5) is 0 Å². The van der Waals surface area contributed by atoms with Crippen molar-refractivity contribution in [2.75, 3.05) is 0 Å². The molecule has 0 aromatic rings. The Morgan fingerprint density at radius 2 is 1.68 bits per heavy atom. The van der Waals surface area contributed by atoms with Gasteiger partial charge in [0.25, 0.3) is 8.32 Å². The van der Waals surface area contributed by atoms with Crippen molar-refractivity contribution in [3.8, 4) is 0 Å². The van der Waals surface area contributed by atoms with Gasteiger partial charge in [0, 0.05) is 5.57 Å². The van der Waals surface area contributed by atoms with Crippen molar-refractivity contribution in [1.82, 2.24) is 0 Å². The zero-order chi connectivity index (χ0) is 15.4. The van der Waals surface area contributed by atoms with Gasteiger partial charge in [0.1, 0.15) is 0 Å². The van der Waals surface area contributed by atoms with Crippen LogP contribution in [0.3, 0.4) is 0 Å². The van der Waals surface area contributed by atoms with E-state index in [0.29, 0.717) is 17.0 Å². The van der Waals surface area contributed by atoms with Crippen LogP contribution in [0, 0.1) is 5.92 Å². The third kappa shape index (κ3) is 3.71. The molecule has 0 N–H and O–H groups in total. The summed E-state index contributed by atoms with van der Waals surface area (Å²) < 4.78 is 6.07. The summed E-state index contributed by atoms with van der Waals surface area (Å²) in [5.74, 6) is 0.275. The van der Waals surface area contributed by atoms with Gasteiger partial charge in [-0.3, -0.25) is 0 Å². The highest BCUT2D eigenvalue weighted by Gasteiger charge is 2.53. The van der Waals surface area contributed by atoms with Gasteiger partial charge in [-0.15, -0.1) is 0 Å². The molecule has 1 unspecified atom stereocenters. The molecule has 112 valence electrons. The van der Waals surface area contributed by atoms with Crippen LogP contribution in [-0.4, -0.2) is 14.3 Å². The van der Waals surface area contributed by atoms with Gasteiger partial charge in [0.15, 0.2) is 0 Å². The Kier molecular flexibility index (Phi) is 6.53. The highest BCUT2D eigenvalue weighted by Crippen LogP contribution is 2.52. The van der Waals surface area contributed by atoms with E-state index < -0.39 is 8.32 Å². The smallest absolute Gasteiger partial charge is 0.319 e. The van der Waals surface area contributed by atoms with Crippen LogP contribution in [0.2, 0.25) is 17.1 Å². The van der Waals surface area contributed by atoms with E-state index in [1.54, 1.807) is 6.92 Å².